The minimum atomic E-state index is -1.54. The molecular formula is C36H40FNO6S. The number of allylic oxidation sites excluding steroid dienone is 4. The minimum absolute atomic E-state index is 0.0267. The van der Waals surface area contributed by atoms with E-state index in [1.807, 2.05) is 43.3 Å². The molecule has 7 rings (SSSR count). The average Bonchev–Trinajstić information content (AvgIpc) is 3.50. The maximum atomic E-state index is 16.3. The first-order valence-corrected chi connectivity index (χ1v) is 16.8. The maximum absolute atomic E-state index is 16.3. The van der Waals surface area contributed by atoms with Crippen LogP contribution in [0.5, 0.6) is 0 Å². The lowest BCUT2D eigenvalue weighted by Crippen LogP contribution is -2.63. The van der Waals surface area contributed by atoms with E-state index in [1.165, 1.54) is 11.8 Å². The number of halogens is 1. The third-order valence-electron chi connectivity index (χ3n) is 11.8. The third-order valence-corrected chi connectivity index (χ3v) is 12.9. The van der Waals surface area contributed by atoms with Gasteiger partial charge in [0.25, 0.3) is 0 Å². The van der Waals surface area contributed by atoms with Crippen molar-refractivity contribution >= 4 is 29.0 Å². The molecule has 9 atom stereocenters. The molecule has 4 aliphatic carbocycles. The van der Waals surface area contributed by atoms with Crippen molar-refractivity contribution in [3.05, 3.63) is 82.7 Å². The topological polar surface area (TPSA) is 119 Å². The van der Waals surface area contributed by atoms with Crippen molar-refractivity contribution in [3.63, 3.8) is 0 Å². The summed E-state index contributed by atoms with van der Waals surface area (Å²) in [5.74, 6) is -0.763. The number of para-hydroxylation sites is 1. The second kappa shape index (κ2) is 10.9. The van der Waals surface area contributed by atoms with Crippen LogP contribution in [0.25, 0.3) is 0 Å². The Bertz CT molecular complexity index is 1640. The molecule has 9 heteroatoms. The molecule has 0 bridgehead atoms. The van der Waals surface area contributed by atoms with E-state index in [1.54, 1.807) is 25.1 Å². The van der Waals surface area contributed by atoms with Gasteiger partial charge in [0.05, 0.1) is 12.2 Å². The number of aliphatic hydroxyl groups excluding tert-OH is 2. The van der Waals surface area contributed by atoms with Crippen molar-refractivity contribution in [1.82, 2.24) is 0 Å². The van der Waals surface area contributed by atoms with Crippen LogP contribution < -0.4 is 5.73 Å². The fraction of sp³-hybridized carbons (Fsp3) is 0.500. The second-order valence-corrected chi connectivity index (χ2v) is 15.0. The first-order chi connectivity index (χ1) is 21.4. The van der Waals surface area contributed by atoms with Gasteiger partial charge in [0.15, 0.2) is 23.5 Å². The van der Waals surface area contributed by atoms with Gasteiger partial charge in [-0.1, -0.05) is 49.8 Å². The van der Waals surface area contributed by atoms with Crippen molar-refractivity contribution in [3.8, 4) is 0 Å². The summed E-state index contributed by atoms with van der Waals surface area (Å²) in [7, 11) is 0. The molecule has 0 spiro atoms. The van der Waals surface area contributed by atoms with Crippen LogP contribution in [-0.2, 0) is 24.8 Å². The summed E-state index contributed by atoms with van der Waals surface area (Å²) in [5.41, 5.74) is 6.27. The van der Waals surface area contributed by atoms with Crippen LogP contribution in [0.4, 0.5) is 10.1 Å². The number of Topliss-reactive ketones (excluding diaryl/α,β-unsaturated/α-hetero) is 1. The molecule has 1 heterocycles. The highest BCUT2D eigenvalue weighted by molar-refractivity contribution is 7.98. The number of carbonyl (C=O) groups is 2. The Morgan fingerprint density at radius 3 is 2.73 bits per heavy atom. The molecule has 0 radical (unpaired) electrons. The van der Waals surface area contributed by atoms with Crippen molar-refractivity contribution in [2.24, 2.45) is 28.6 Å². The Kier molecular flexibility index (Phi) is 7.45. The van der Waals surface area contributed by atoms with Gasteiger partial charge < -0.3 is 25.4 Å². The number of ketones is 2. The predicted molar refractivity (Wildman–Crippen MR) is 168 cm³/mol. The fourth-order valence-electron chi connectivity index (χ4n) is 9.72. The Hall–Kier alpha value is -2.82. The molecule has 5 aliphatic rings. The standard InChI is InChI=1S/C36H40FNO6S/c1-19-8-9-20(18-45-27-7-5-4-6-25(27)38)32(37)30(19)33-43-29-15-24-23-11-10-21-14-22(40)12-13-34(21,2)31(23)26(41)16-35(24,3)36(29,44-33)28(42)17-39/h4-9,12-14,23-24,26,29,31,33,39,41H,10-11,15-18,38H2,1-3H3/t23-,24-,26-,29+,31+,33-,34-,35-,36+/m0/s1. The molecule has 1 aliphatic heterocycles. The number of aryl methyl sites for hydroxylation is 1. The molecule has 4 fully saturated rings. The van der Waals surface area contributed by atoms with Crippen molar-refractivity contribution in [2.75, 3.05) is 12.3 Å². The minimum Gasteiger partial charge on any atom is -0.398 e. The number of nitrogen functional groups attached to an aromatic ring is 1. The molecular weight excluding hydrogens is 593 g/mol. The number of rotatable bonds is 6. The van der Waals surface area contributed by atoms with Crippen LogP contribution in [0.2, 0.25) is 0 Å². The summed E-state index contributed by atoms with van der Waals surface area (Å²) in [6.45, 7) is 5.12. The van der Waals surface area contributed by atoms with Gasteiger partial charge in [-0.2, -0.15) is 0 Å². The Morgan fingerprint density at radius 2 is 1.98 bits per heavy atom. The van der Waals surface area contributed by atoms with E-state index >= 15 is 4.39 Å². The van der Waals surface area contributed by atoms with Crippen LogP contribution in [-0.4, -0.2) is 46.2 Å². The predicted octanol–water partition coefficient (Wildman–Crippen LogP) is 5.61. The Balaban J connectivity index is 1.22. The van der Waals surface area contributed by atoms with Gasteiger partial charge >= 0.3 is 0 Å². The number of nitrogens with two attached hydrogens (primary N) is 1. The summed E-state index contributed by atoms with van der Waals surface area (Å²) in [4.78, 5) is 26.9. The number of benzene rings is 2. The fourth-order valence-corrected chi connectivity index (χ4v) is 10.7. The molecule has 45 heavy (non-hydrogen) atoms. The summed E-state index contributed by atoms with van der Waals surface area (Å²) in [6.07, 6.45) is 4.88. The first-order valence-electron chi connectivity index (χ1n) is 15.8. The summed E-state index contributed by atoms with van der Waals surface area (Å²) in [6, 6.07) is 11.0. The van der Waals surface area contributed by atoms with E-state index in [0.717, 1.165) is 23.3 Å². The number of carbonyl (C=O) groups excluding carboxylic acids is 2. The molecule has 1 saturated heterocycles. The highest BCUT2D eigenvalue weighted by atomic mass is 32.2. The SMILES string of the molecule is Cc1ccc(CSc2ccccc2N)c(F)c1[C@H]1O[C@@H]2C[C@H]3[C@@H]4CCC5=CC(=O)C=C[C@]5(C)[C@H]4[C@@H](O)C[C@]3(C)[C@]2(C(=O)CO)O1. The van der Waals surface area contributed by atoms with Crippen molar-refractivity contribution in [2.45, 2.75) is 81.2 Å². The van der Waals surface area contributed by atoms with E-state index in [2.05, 4.69) is 6.92 Å². The maximum Gasteiger partial charge on any atom is 0.193 e. The molecule has 3 saturated carbocycles. The Labute approximate surface area is 267 Å². The van der Waals surface area contributed by atoms with Crippen LogP contribution in [0.3, 0.4) is 0 Å². The zero-order valence-corrected chi connectivity index (χ0v) is 26.6. The zero-order valence-electron chi connectivity index (χ0n) is 25.8. The number of anilines is 1. The quantitative estimate of drug-likeness (QED) is 0.278. The van der Waals surface area contributed by atoms with Crippen molar-refractivity contribution < 1.29 is 33.7 Å². The van der Waals surface area contributed by atoms with Crippen molar-refractivity contribution in [1.29, 1.82) is 0 Å². The highest BCUT2D eigenvalue weighted by Crippen LogP contribution is 2.70. The van der Waals surface area contributed by atoms with Crippen LogP contribution in [0, 0.1) is 41.3 Å². The van der Waals surface area contributed by atoms with E-state index < -0.39 is 53.1 Å². The smallest absolute Gasteiger partial charge is 0.193 e. The number of aliphatic hydroxyl groups is 2. The number of thioether (sulfide) groups is 1. The lowest BCUT2D eigenvalue weighted by Gasteiger charge is -2.59. The lowest BCUT2D eigenvalue weighted by atomic mass is 9.46. The van der Waals surface area contributed by atoms with E-state index in [4.69, 9.17) is 15.2 Å². The molecule has 4 N–H and O–H groups in total. The summed E-state index contributed by atoms with van der Waals surface area (Å²) >= 11 is 1.44. The zero-order chi connectivity index (χ0) is 31.9. The first kappa shape index (κ1) is 30.8. The van der Waals surface area contributed by atoms with Gasteiger partial charge in [-0.15, -0.1) is 11.8 Å². The van der Waals surface area contributed by atoms with Crippen LogP contribution in [0.1, 0.15) is 62.5 Å². The van der Waals surface area contributed by atoms with Gasteiger partial charge in [-0.25, -0.2) is 4.39 Å². The van der Waals surface area contributed by atoms with Crippen LogP contribution in [0.15, 0.2) is 65.1 Å². The molecule has 0 aromatic heterocycles. The summed E-state index contributed by atoms with van der Waals surface area (Å²) < 4.78 is 29.5. The van der Waals surface area contributed by atoms with Gasteiger partial charge in [-0.05, 0) is 79.9 Å². The second-order valence-electron chi connectivity index (χ2n) is 13.9. The number of ether oxygens (including phenoxy) is 2. The molecule has 7 nitrogen and oxygen atoms in total. The van der Waals surface area contributed by atoms with E-state index in [9.17, 15) is 19.8 Å². The lowest BCUT2D eigenvalue weighted by molar-refractivity contribution is -0.201. The molecule has 238 valence electrons. The highest BCUT2D eigenvalue weighted by Gasteiger charge is 2.76. The van der Waals surface area contributed by atoms with Gasteiger partial charge in [0.2, 0.25) is 0 Å². The number of hydrogen-bond acceptors (Lipinski definition) is 8. The van der Waals surface area contributed by atoms with Gasteiger partial charge in [0, 0.05) is 38.6 Å². The third kappa shape index (κ3) is 4.38. The monoisotopic (exact) mass is 633 g/mol. The largest absolute Gasteiger partial charge is 0.398 e. The molecule has 0 unspecified atom stereocenters. The summed E-state index contributed by atoms with van der Waals surface area (Å²) in [5, 5.41) is 22.2. The molecule has 2 aromatic carbocycles. The molecule has 2 aromatic rings. The van der Waals surface area contributed by atoms with Gasteiger partial charge in [0.1, 0.15) is 12.4 Å². The van der Waals surface area contributed by atoms with E-state index in [0.29, 0.717) is 29.0 Å². The Morgan fingerprint density at radius 1 is 1.20 bits per heavy atom. The molecule has 0 amide bonds. The van der Waals surface area contributed by atoms with Gasteiger partial charge in [-0.3, -0.25) is 9.59 Å². The normalized spacial score (nSPS) is 38.3. The van der Waals surface area contributed by atoms with E-state index in [-0.39, 0.29) is 35.5 Å². The average molecular weight is 634 g/mol. The van der Waals surface area contributed by atoms with Crippen LogP contribution >= 0.6 is 11.8 Å². The number of fused-ring (bicyclic) bond motifs is 7. The number of hydrogen-bond donors (Lipinski definition) is 3.